The first-order chi connectivity index (χ1) is 9.11. The number of imide groups is 1. The van der Waals surface area contributed by atoms with E-state index in [0.717, 1.165) is 19.3 Å². The van der Waals surface area contributed by atoms with Gasteiger partial charge < -0.3 is 5.32 Å². The highest BCUT2D eigenvalue weighted by Gasteiger charge is 2.29. The maximum absolute atomic E-state index is 12.1. The van der Waals surface area contributed by atoms with Crippen LogP contribution in [-0.2, 0) is 9.59 Å². The summed E-state index contributed by atoms with van der Waals surface area (Å²) in [6.45, 7) is 0.985. The summed E-state index contributed by atoms with van der Waals surface area (Å²) < 4.78 is 0. The molecule has 0 bridgehead atoms. The van der Waals surface area contributed by atoms with Gasteiger partial charge in [-0.2, -0.15) is 0 Å². The number of likely N-dealkylation sites (tertiary alicyclic amines) is 1. The molecule has 2 fully saturated rings. The van der Waals surface area contributed by atoms with Gasteiger partial charge in [-0.25, -0.2) is 0 Å². The third kappa shape index (κ3) is 3.54. The predicted molar refractivity (Wildman–Crippen MR) is 73.7 cm³/mol. The summed E-state index contributed by atoms with van der Waals surface area (Å²) in [6, 6.07) is 1.10. The molecule has 1 N–H and O–H groups in total. The first-order valence-electron chi connectivity index (χ1n) is 7.32. The Morgan fingerprint density at radius 1 is 1.37 bits per heavy atom. The minimum atomic E-state index is -0.0271. The Labute approximate surface area is 115 Å². The van der Waals surface area contributed by atoms with Crippen molar-refractivity contribution in [3.8, 4) is 0 Å². The molecule has 0 aromatic rings. The molecule has 1 aliphatic heterocycles. The molecule has 108 valence electrons. The van der Waals surface area contributed by atoms with Crippen LogP contribution in [-0.4, -0.2) is 60.9 Å². The summed E-state index contributed by atoms with van der Waals surface area (Å²) in [7, 11) is 4.01. The smallest absolute Gasteiger partial charge is 0.243 e. The number of carbonyl (C=O) groups is 2. The minimum Gasteiger partial charge on any atom is -0.317 e. The van der Waals surface area contributed by atoms with Gasteiger partial charge in [0, 0.05) is 25.0 Å². The summed E-state index contributed by atoms with van der Waals surface area (Å²) in [6.07, 6.45) is 5.95. The van der Waals surface area contributed by atoms with E-state index in [2.05, 4.69) is 10.2 Å². The molecule has 0 aromatic heterocycles. The molecule has 1 saturated heterocycles. The van der Waals surface area contributed by atoms with Crippen LogP contribution in [0.3, 0.4) is 0 Å². The standard InChI is InChI=1S/C14H25N3O2/c1-15-11-5-7-12(8-6-11)16(2)10-14(19)17-9-3-4-13(17)18/h11-12,15H,3-10H2,1-2H3. The number of nitrogens with zero attached hydrogens (tertiary/aromatic N) is 2. The molecule has 5 nitrogen and oxygen atoms in total. The fourth-order valence-electron chi connectivity index (χ4n) is 3.14. The molecule has 5 heteroatoms. The molecule has 2 rings (SSSR count). The van der Waals surface area contributed by atoms with E-state index in [9.17, 15) is 9.59 Å². The lowest BCUT2D eigenvalue weighted by molar-refractivity contribution is -0.142. The number of hydrogen-bond donors (Lipinski definition) is 1. The largest absolute Gasteiger partial charge is 0.317 e. The number of likely N-dealkylation sites (N-methyl/N-ethyl adjacent to an activating group) is 1. The van der Waals surface area contributed by atoms with Crippen molar-refractivity contribution in [3.63, 3.8) is 0 Å². The van der Waals surface area contributed by atoms with Crippen LogP contribution in [0.2, 0.25) is 0 Å². The molecule has 0 aromatic carbocycles. The van der Waals surface area contributed by atoms with Gasteiger partial charge in [0.05, 0.1) is 6.54 Å². The van der Waals surface area contributed by atoms with Crippen molar-refractivity contribution in [1.82, 2.24) is 15.1 Å². The minimum absolute atomic E-state index is 0.00251. The highest BCUT2D eigenvalue weighted by molar-refractivity contribution is 5.97. The van der Waals surface area contributed by atoms with Crippen LogP contribution in [0.4, 0.5) is 0 Å². The Morgan fingerprint density at radius 2 is 2.05 bits per heavy atom. The Hall–Kier alpha value is -0.940. The second-order valence-electron chi connectivity index (χ2n) is 5.75. The Balaban J connectivity index is 1.79. The highest BCUT2D eigenvalue weighted by Crippen LogP contribution is 2.22. The van der Waals surface area contributed by atoms with E-state index in [4.69, 9.17) is 0 Å². The van der Waals surface area contributed by atoms with Crippen LogP contribution in [0.25, 0.3) is 0 Å². The van der Waals surface area contributed by atoms with E-state index in [1.54, 1.807) is 0 Å². The molecule has 19 heavy (non-hydrogen) atoms. The van der Waals surface area contributed by atoms with E-state index >= 15 is 0 Å². The molecule has 1 aliphatic carbocycles. The van der Waals surface area contributed by atoms with E-state index in [1.165, 1.54) is 17.7 Å². The van der Waals surface area contributed by atoms with Crippen LogP contribution in [0.5, 0.6) is 0 Å². The Bertz CT molecular complexity index is 338. The summed E-state index contributed by atoms with van der Waals surface area (Å²) in [5, 5.41) is 3.32. The quantitative estimate of drug-likeness (QED) is 0.810. The lowest BCUT2D eigenvalue weighted by Crippen LogP contribution is -2.45. The van der Waals surface area contributed by atoms with Crippen molar-refractivity contribution in [2.24, 2.45) is 0 Å². The number of nitrogens with one attached hydrogen (secondary N) is 1. The third-order valence-corrected chi connectivity index (χ3v) is 4.49. The van der Waals surface area contributed by atoms with E-state index < -0.39 is 0 Å². The maximum atomic E-state index is 12.1. The lowest BCUT2D eigenvalue weighted by atomic mass is 9.90. The van der Waals surface area contributed by atoms with Gasteiger partial charge >= 0.3 is 0 Å². The second-order valence-corrected chi connectivity index (χ2v) is 5.75. The van der Waals surface area contributed by atoms with E-state index in [1.807, 2.05) is 14.1 Å². The van der Waals surface area contributed by atoms with E-state index in [0.29, 0.717) is 31.6 Å². The second kappa shape index (κ2) is 6.48. The Morgan fingerprint density at radius 3 is 2.58 bits per heavy atom. The van der Waals surface area contributed by atoms with Gasteiger partial charge in [0.15, 0.2) is 0 Å². The zero-order chi connectivity index (χ0) is 13.8. The maximum Gasteiger partial charge on any atom is 0.243 e. The van der Waals surface area contributed by atoms with Gasteiger partial charge in [0.25, 0.3) is 0 Å². The SMILES string of the molecule is CNC1CCC(N(C)CC(=O)N2CCCC2=O)CC1. The van der Waals surface area contributed by atoms with Gasteiger partial charge in [-0.3, -0.25) is 19.4 Å². The van der Waals surface area contributed by atoms with Gasteiger partial charge in [-0.15, -0.1) is 0 Å². The summed E-state index contributed by atoms with van der Waals surface area (Å²) in [5.74, 6) is -0.0296. The summed E-state index contributed by atoms with van der Waals surface area (Å²) in [4.78, 5) is 27.2. The zero-order valence-electron chi connectivity index (χ0n) is 12.0. The molecule has 1 heterocycles. The number of carbonyl (C=O) groups excluding carboxylic acids is 2. The van der Waals surface area contributed by atoms with Gasteiger partial charge in [0.2, 0.25) is 11.8 Å². The molecule has 1 saturated carbocycles. The average Bonchev–Trinajstić information content (AvgIpc) is 2.85. The first-order valence-corrected chi connectivity index (χ1v) is 7.32. The van der Waals surface area contributed by atoms with Crippen LogP contribution >= 0.6 is 0 Å². The lowest BCUT2D eigenvalue weighted by Gasteiger charge is -2.34. The zero-order valence-corrected chi connectivity index (χ0v) is 12.0. The van der Waals surface area contributed by atoms with Crippen LogP contribution in [0.1, 0.15) is 38.5 Å². The fraction of sp³-hybridized carbons (Fsp3) is 0.857. The molecule has 2 amide bonds. The van der Waals surface area contributed by atoms with Gasteiger partial charge in [-0.05, 0) is 46.2 Å². The average molecular weight is 267 g/mol. The Kier molecular flexibility index (Phi) is 4.93. The van der Waals surface area contributed by atoms with Gasteiger partial charge in [0.1, 0.15) is 0 Å². The molecule has 0 spiro atoms. The number of hydrogen-bond acceptors (Lipinski definition) is 4. The normalized spacial score (nSPS) is 28.2. The first kappa shape index (κ1) is 14.5. The van der Waals surface area contributed by atoms with Crippen LogP contribution in [0.15, 0.2) is 0 Å². The molecule has 2 aliphatic rings. The summed E-state index contributed by atoms with van der Waals surface area (Å²) in [5.41, 5.74) is 0. The number of rotatable bonds is 4. The molecular weight excluding hydrogens is 242 g/mol. The highest BCUT2D eigenvalue weighted by atomic mass is 16.2. The molecule has 0 unspecified atom stereocenters. The van der Waals surface area contributed by atoms with E-state index in [-0.39, 0.29) is 11.8 Å². The van der Waals surface area contributed by atoms with Crippen molar-refractivity contribution < 1.29 is 9.59 Å². The monoisotopic (exact) mass is 267 g/mol. The third-order valence-electron chi connectivity index (χ3n) is 4.49. The van der Waals surface area contributed by atoms with Crippen LogP contribution < -0.4 is 5.32 Å². The van der Waals surface area contributed by atoms with Crippen molar-refractivity contribution in [1.29, 1.82) is 0 Å². The molecular formula is C14H25N3O2. The number of amides is 2. The summed E-state index contributed by atoms with van der Waals surface area (Å²) >= 11 is 0. The van der Waals surface area contributed by atoms with Gasteiger partial charge in [-0.1, -0.05) is 0 Å². The molecule has 0 atom stereocenters. The van der Waals surface area contributed by atoms with Crippen molar-refractivity contribution in [2.75, 3.05) is 27.2 Å². The van der Waals surface area contributed by atoms with Crippen molar-refractivity contribution in [3.05, 3.63) is 0 Å². The van der Waals surface area contributed by atoms with Crippen molar-refractivity contribution >= 4 is 11.8 Å². The molecule has 0 radical (unpaired) electrons. The van der Waals surface area contributed by atoms with Crippen molar-refractivity contribution in [2.45, 2.75) is 50.6 Å². The fourth-order valence-corrected chi connectivity index (χ4v) is 3.14. The predicted octanol–water partition coefficient (Wildman–Crippen LogP) is 0.598. The topological polar surface area (TPSA) is 52.7 Å². The van der Waals surface area contributed by atoms with Crippen LogP contribution in [0, 0.1) is 0 Å².